The van der Waals surface area contributed by atoms with Crippen molar-refractivity contribution in [3.63, 3.8) is 0 Å². The van der Waals surface area contributed by atoms with Gasteiger partial charge in [-0.3, -0.25) is 0 Å². The van der Waals surface area contributed by atoms with Gasteiger partial charge in [-0.1, -0.05) is 13.3 Å². The Balaban J connectivity index is -0.00000000533. The van der Waals surface area contributed by atoms with Crippen LogP contribution in [0, 0.1) is 0 Å². The van der Waals surface area contributed by atoms with Crippen molar-refractivity contribution in [3.05, 3.63) is 0 Å². The monoisotopic (exact) mass is 347 g/mol. The van der Waals surface area contributed by atoms with Gasteiger partial charge in [-0.05, 0) is 6.42 Å². The van der Waals surface area contributed by atoms with Gasteiger partial charge in [0.1, 0.15) is 0 Å². The molecule has 11 heavy (non-hydrogen) atoms. The molecule has 0 amide bonds. The van der Waals surface area contributed by atoms with Gasteiger partial charge < -0.3 is 67.1 Å². The van der Waals surface area contributed by atoms with E-state index in [1.54, 1.807) is 0 Å². The van der Waals surface area contributed by atoms with Crippen molar-refractivity contribution < 1.29 is 88.2 Å². The molecule has 0 unspecified atom stereocenters. The van der Waals surface area contributed by atoms with Gasteiger partial charge in [-0.2, -0.15) is 0 Å². The molecule has 1 radical (unpaired) electrons. The molecule has 0 saturated heterocycles. The van der Waals surface area contributed by atoms with Crippen LogP contribution in [0.15, 0.2) is 0 Å². The van der Waals surface area contributed by atoms with E-state index in [1.165, 1.54) is 0 Å². The third-order valence-electron chi connectivity index (χ3n) is 0.512. The van der Waals surface area contributed by atoms with Crippen molar-refractivity contribution >= 4 is 0 Å². The zero-order valence-corrected chi connectivity index (χ0v) is 11.7. The van der Waals surface area contributed by atoms with Gasteiger partial charge >= 0.3 is 21.1 Å². The zero-order valence-electron chi connectivity index (χ0n) is 5.87. The Morgan fingerprint density at radius 3 is 1.18 bits per heavy atom. The normalized spacial score (nSPS) is 3.82. The minimum atomic E-state index is 0. The molecular weight excluding hydrogens is 337 g/mol. The van der Waals surface area contributed by atoms with Crippen LogP contribution >= 0.6 is 0 Å². The number of rotatable bonds is 2. The summed E-state index contributed by atoms with van der Waals surface area (Å²) in [4.78, 5) is 0. The Kier molecular flexibility index (Phi) is 269. The molecule has 0 heterocycles. The predicted octanol–water partition coefficient (Wildman–Crippen LogP) is -14.2. The van der Waals surface area contributed by atoms with Gasteiger partial charge in [0.05, 0.1) is 0 Å². The minimum Gasteiger partial charge on any atom is -1.00 e. The average molecular weight is 347 g/mol. The first kappa shape index (κ1) is 51.6. The molecule has 0 aliphatic rings. The molecule has 0 saturated carbocycles. The molecule has 0 spiro atoms. The van der Waals surface area contributed by atoms with Crippen LogP contribution in [-0.2, 0) is 21.1 Å². The van der Waals surface area contributed by atoms with E-state index in [0.717, 1.165) is 12.8 Å². The fourth-order valence-corrected chi connectivity index (χ4v) is 0.158. The Bertz CT molecular complexity index is 26.0. The molecule has 73 valence electrons. The van der Waals surface area contributed by atoms with E-state index >= 15 is 0 Å². The van der Waals surface area contributed by atoms with Gasteiger partial charge in [0.2, 0.25) is 0 Å². The summed E-state index contributed by atoms with van der Waals surface area (Å²) in [5.74, 6) is 0. The summed E-state index contributed by atoms with van der Waals surface area (Å²) >= 11 is 0. The second-order valence-electron chi connectivity index (χ2n) is 1.08. The molecule has 0 aromatic carbocycles. The van der Waals surface area contributed by atoms with Crippen LogP contribution in [0.3, 0.4) is 0 Å². The van der Waals surface area contributed by atoms with Crippen molar-refractivity contribution in [1.29, 1.82) is 0 Å². The van der Waals surface area contributed by atoms with Gasteiger partial charge in [0, 0.05) is 6.61 Å². The fourth-order valence-electron chi connectivity index (χ4n) is 0.158. The van der Waals surface area contributed by atoms with E-state index in [2.05, 4.69) is 6.92 Å². The maximum absolute atomic E-state index is 8.07. The number of aliphatic hydroxyl groups excluding tert-OH is 1. The van der Waals surface area contributed by atoms with Gasteiger partial charge in [0.15, 0.2) is 0 Å². The Hall–Kier alpha value is 2.10. The number of hydrogen-bond acceptors (Lipinski definition) is 1. The molecule has 1 N–H and O–H groups in total. The van der Waals surface area contributed by atoms with E-state index < -0.39 is 0 Å². The zero-order chi connectivity index (χ0) is 4.12. The van der Waals surface area contributed by atoms with Gasteiger partial charge in [0.25, 0.3) is 0 Å². The maximum Gasteiger partial charge on any atom is 5.00 e. The summed E-state index contributed by atoms with van der Waals surface area (Å²) in [5.41, 5.74) is 0. The Morgan fingerprint density at radius 2 is 1.18 bits per heavy atom. The molecule has 1 nitrogen and oxygen atoms in total. The first-order valence-corrected chi connectivity index (χ1v) is 2.02. The summed E-state index contributed by atoms with van der Waals surface area (Å²) in [6.45, 7) is 2.40. The molecule has 0 aromatic rings. The van der Waals surface area contributed by atoms with E-state index in [-0.39, 0.29) is 83.1 Å². The second kappa shape index (κ2) is 57.3. The van der Waals surface area contributed by atoms with Crippen molar-refractivity contribution in [2.75, 3.05) is 6.61 Å². The molecule has 0 aromatic heterocycles. The first-order chi connectivity index (χ1) is 2.41. The number of aliphatic hydroxyl groups is 1. The Morgan fingerprint density at radius 1 is 0.909 bits per heavy atom. The van der Waals surface area contributed by atoms with Crippen LogP contribution in [-0.4, -0.2) is 11.7 Å². The summed E-state index contributed by atoms with van der Waals surface area (Å²) in [6, 6.07) is 0. The van der Waals surface area contributed by atoms with Crippen molar-refractivity contribution in [3.8, 4) is 0 Å². The number of hydrogen-bond donors (Lipinski definition) is 1. The van der Waals surface area contributed by atoms with Crippen LogP contribution < -0.4 is 62.0 Å². The van der Waals surface area contributed by atoms with Crippen LogP contribution in [0.1, 0.15) is 19.8 Å². The molecule has 0 bridgehead atoms. The summed E-state index contributed by atoms with van der Waals surface area (Å²) in [7, 11) is 0. The van der Waals surface area contributed by atoms with Gasteiger partial charge in [-0.15, -0.1) is 0 Å². The van der Waals surface area contributed by atoms with Crippen molar-refractivity contribution in [2.45, 2.75) is 19.8 Å². The molecule has 0 rings (SSSR count). The molecule has 0 atom stereocenters. The van der Waals surface area contributed by atoms with E-state index in [1.807, 2.05) is 0 Å². The first-order valence-electron chi connectivity index (χ1n) is 2.02. The van der Waals surface area contributed by atoms with Crippen LogP contribution in [0.4, 0.5) is 0 Å². The number of unbranched alkanes of at least 4 members (excludes halogenated alkanes) is 1. The molecular formula is C4H10Cl5MoO. The van der Waals surface area contributed by atoms with Gasteiger partial charge in [-0.25, -0.2) is 0 Å². The fraction of sp³-hybridized carbons (Fsp3) is 1.00. The standard InChI is InChI=1S/C4H10O.5ClH.Mo/c1-2-3-4-5;;;;;;/h5H,2-4H2,1H3;5*1H;/q;;;;;;+5/p-5. The van der Waals surface area contributed by atoms with Crippen molar-refractivity contribution in [1.82, 2.24) is 0 Å². The minimum absolute atomic E-state index is 0. The summed E-state index contributed by atoms with van der Waals surface area (Å²) < 4.78 is 0. The number of halogens is 5. The van der Waals surface area contributed by atoms with Crippen molar-refractivity contribution in [2.24, 2.45) is 0 Å². The SMILES string of the molecule is CCCCO.[Cl-].[Cl-].[Cl-].[Cl-].[Cl-].[Mo+5]. The van der Waals surface area contributed by atoms with Crippen LogP contribution in [0.25, 0.3) is 0 Å². The van der Waals surface area contributed by atoms with E-state index in [4.69, 9.17) is 5.11 Å². The average Bonchev–Trinajstić information content (AvgIpc) is 1.41. The summed E-state index contributed by atoms with van der Waals surface area (Å²) in [6.07, 6.45) is 2.04. The third kappa shape index (κ3) is 73.5. The summed E-state index contributed by atoms with van der Waals surface area (Å²) in [5, 5.41) is 8.07. The third-order valence-corrected chi connectivity index (χ3v) is 0.512. The molecule has 0 aliphatic carbocycles. The van der Waals surface area contributed by atoms with Crippen LogP contribution in [0.2, 0.25) is 0 Å². The smallest absolute Gasteiger partial charge is 1.00 e. The van der Waals surface area contributed by atoms with Crippen LogP contribution in [0.5, 0.6) is 0 Å². The van der Waals surface area contributed by atoms with E-state index in [0.29, 0.717) is 6.61 Å². The van der Waals surface area contributed by atoms with E-state index in [9.17, 15) is 0 Å². The molecule has 0 fully saturated rings. The quantitative estimate of drug-likeness (QED) is 0.492. The maximum atomic E-state index is 8.07. The molecule has 0 aliphatic heterocycles. The topological polar surface area (TPSA) is 20.2 Å². The Labute approximate surface area is 114 Å². The molecule has 7 heteroatoms. The largest absolute Gasteiger partial charge is 5.00 e. The predicted molar refractivity (Wildman–Crippen MR) is 22.0 cm³/mol. The second-order valence-corrected chi connectivity index (χ2v) is 1.08.